The lowest BCUT2D eigenvalue weighted by molar-refractivity contribution is -0.117. The second-order valence-electron chi connectivity index (χ2n) is 4.82. The largest absolute Gasteiger partial charge is 0.495 e. The first-order valence-corrected chi connectivity index (χ1v) is 8.66. The normalized spacial score (nSPS) is 18.2. The van der Waals surface area contributed by atoms with Crippen LogP contribution in [0.5, 0.6) is 5.75 Å². The Morgan fingerprint density at radius 3 is 2.67 bits per heavy atom. The molecular weight excluding hydrogens is 316 g/mol. The van der Waals surface area contributed by atoms with Gasteiger partial charge in [0.2, 0.25) is 5.91 Å². The van der Waals surface area contributed by atoms with Crippen molar-refractivity contribution in [1.29, 1.82) is 0 Å². The van der Waals surface area contributed by atoms with E-state index in [9.17, 15) is 13.2 Å². The molecule has 1 amide bonds. The molecule has 1 aliphatic heterocycles. The molecule has 1 aromatic carbocycles. The van der Waals surface area contributed by atoms with Gasteiger partial charge in [-0.1, -0.05) is 11.6 Å². The molecule has 0 atom stereocenters. The smallest absolute Gasteiger partial charge is 0.238 e. The summed E-state index contributed by atoms with van der Waals surface area (Å²) in [6.07, 6.45) is 0. The van der Waals surface area contributed by atoms with Crippen LogP contribution in [0.2, 0.25) is 5.02 Å². The first kappa shape index (κ1) is 16.1. The van der Waals surface area contributed by atoms with E-state index in [1.54, 1.807) is 18.2 Å². The summed E-state index contributed by atoms with van der Waals surface area (Å²) in [4.78, 5) is 13.8. The van der Waals surface area contributed by atoms with Crippen LogP contribution in [0.4, 0.5) is 5.69 Å². The standard InChI is InChI=1S/C13H17ClN2O4S/c1-20-12-3-2-10(14)8-11(12)15-13(17)9-16-4-6-21(18,19)7-5-16/h2-3,8H,4-7,9H2,1H3,(H,15,17). The van der Waals surface area contributed by atoms with E-state index in [0.717, 1.165) is 0 Å². The maximum atomic E-state index is 12.0. The summed E-state index contributed by atoms with van der Waals surface area (Å²) in [6.45, 7) is 0.899. The zero-order valence-corrected chi connectivity index (χ0v) is 13.2. The fourth-order valence-corrected chi connectivity index (χ4v) is 3.53. The van der Waals surface area contributed by atoms with E-state index in [-0.39, 0.29) is 24.0 Å². The van der Waals surface area contributed by atoms with Crippen molar-refractivity contribution in [2.75, 3.05) is 43.6 Å². The summed E-state index contributed by atoms with van der Waals surface area (Å²) in [5, 5.41) is 3.23. The Morgan fingerprint density at radius 1 is 1.38 bits per heavy atom. The molecule has 0 aromatic heterocycles. The second kappa shape index (κ2) is 6.64. The third-order valence-electron chi connectivity index (χ3n) is 3.24. The van der Waals surface area contributed by atoms with Gasteiger partial charge in [-0.05, 0) is 18.2 Å². The van der Waals surface area contributed by atoms with E-state index in [4.69, 9.17) is 16.3 Å². The predicted octanol–water partition coefficient (Wildman–Crippen LogP) is 1.02. The zero-order chi connectivity index (χ0) is 15.5. The fraction of sp³-hybridized carbons (Fsp3) is 0.462. The van der Waals surface area contributed by atoms with Crippen LogP contribution in [0.1, 0.15) is 0 Å². The van der Waals surface area contributed by atoms with Gasteiger partial charge in [-0.15, -0.1) is 0 Å². The monoisotopic (exact) mass is 332 g/mol. The average Bonchev–Trinajstić information content (AvgIpc) is 2.41. The molecule has 2 rings (SSSR count). The topological polar surface area (TPSA) is 75.7 Å². The summed E-state index contributed by atoms with van der Waals surface area (Å²) in [7, 11) is -1.43. The van der Waals surface area contributed by atoms with Gasteiger partial charge in [0.1, 0.15) is 5.75 Å². The highest BCUT2D eigenvalue weighted by atomic mass is 35.5. The number of rotatable bonds is 4. The molecule has 0 spiro atoms. The number of amides is 1. The Kier molecular flexibility index (Phi) is 5.08. The highest BCUT2D eigenvalue weighted by Crippen LogP contribution is 2.27. The lowest BCUT2D eigenvalue weighted by Crippen LogP contribution is -2.43. The minimum absolute atomic E-state index is 0.0980. The van der Waals surface area contributed by atoms with E-state index in [0.29, 0.717) is 29.5 Å². The number of anilines is 1. The van der Waals surface area contributed by atoms with Gasteiger partial charge < -0.3 is 10.1 Å². The predicted molar refractivity (Wildman–Crippen MR) is 81.7 cm³/mol. The molecule has 1 aliphatic rings. The van der Waals surface area contributed by atoms with Gasteiger partial charge in [0.25, 0.3) is 0 Å². The van der Waals surface area contributed by atoms with Crippen molar-refractivity contribution in [3.05, 3.63) is 23.2 Å². The molecule has 0 aliphatic carbocycles. The number of nitrogens with one attached hydrogen (secondary N) is 1. The molecule has 21 heavy (non-hydrogen) atoms. The van der Waals surface area contributed by atoms with E-state index < -0.39 is 9.84 Å². The van der Waals surface area contributed by atoms with Crippen molar-refractivity contribution < 1.29 is 17.9 Å². The van der Waals surface area contributed by atoms with Gasteiger partial charge in [-0.3, -0.25) is 9.69 Å². The van der Waals surface area contributed by atoms with E-state index in [1.165, 1.54) is 7.11 Å². The van der Waals surface area contributed by atoms with Crippen LogP contribution >= 0.6 is 11.6 Å². The van der Waals surface area contributed by atoms with E-state index in [2.05, 4.69) is 5.32 Å². The third-order valence-corrected chi connectivity index (χ3v) is 5.08. The summed E-state index contributed by atoms with van der Waals surface area (Å²) < 4.78 is 27.8. The molecular formula is C13H17ClN2O4S. The van der Waals surface area contributed by atoms with Gasteiger partial charge in [0, 0.05) is 18.1 Å². The number of hydrogen-bond acceptors (Lipinski definition) is 5. The van der Waals surface area contributed by atoms with Crippen molar-refractivity contribution in [1.82, 2.24) is 4.90 Å². The molecule has 1 saturated heterocycles. The average molecular weight is 333 g/mol. The third kappa shape index (κ3) is 4.59. The molecule has 6 nitrogen and oxygen atoms in total. The van der Waals surface area contributed by atoms with Crippen molar-refractivity contribution in [3.8, 4) is 5.75 Å². The Bertz CT molecular complexity index is 619. The molecule has 116 valence electrons. The lowest BCUT2D eigenvalue weighted by atomic mass is 10.3. The van der Waals surface area contributed by atoms with E-state index in [1.807, 2.05) is 4.90 Å². The van der Waals surface area contributed by atoms with Crippen LogP contribution in [0.15, 0.2) is 18.2 Å². The minimum Gasteiger partial charge on any atom is -0.495 e. The Morgan fingerprint density at radius 2 is 2.05 bits per heavy atom. The number of nitrogens with zero attached hydrogens (tertiary/aromatic N) is 1. The molecule has 1 fully saturated rings. The van der Waals surface area contributed by atoms with Crippen LogP contribution in [0, 0.1) is 0 Å². The molecule has 0 radical (unpaired) electrons. The zero-order valence-electron chi connectivity index (χ0n) is 11.6. The number of carbonyl (C=O) groups excluding carboxylic acids is 1. The van der Waals surface area contributed by atoms with Crippen LogP contribution in [-0.4, -0.2) is 57.5 Å². The minimum atomic E-state index is -2.94. The summed E-state index contributed by atoms with van der Waals surface area (Å²) in [6, 6.07) is 4.95. The molecule has 8 heteroatoms. The van der Waals surface area contributed by atoms with Crippen LogP contribution in [-0.2, 0) is 14.6 Å². The van der Waals surface area contributed by atoms with Crippen molar-refractivity contribution in [2.24, 2.45) is 0 Å². The number of benzene rings is 1. The molecule has 1 heterocycles. The first-order chi connectivity index (χ1) is 9.89. The summed E-state index contributed by atoms with van der Waals surface area (Å²) >= 11 is 5.90. The first-order valence-electron chi connectivity index (χ1n) is 6.46. The number of hydrogen-bond donors (Lipinski definition) is 1. The summed E-state index contributed by atoms with van der Waals surface area (Å²) in [5.41, 5.74) is 0.500. The lowest BCUT2D eigenvalue weighted by Gasteiger charge is -2.25. The van der Waals surface area contributed by atoms with Crippen molar-refractivity contribution in [2.45, 2.75) is 0 Å². The number of carbonyl (C=O) groups is 1. The van der Waals surface area contributed by atoms with Crippen molar-refractivity contribution >= 4 is 33.0 Å². The maximum Gasteiger partial charge on any atom is 0.238 e. The molecule has 1 N–H and O–H groups in total. The number of ether oxygens (including phenoxy) is 1. The van der Waals surface area contributed by atoms with E-state index >= 15 is 0 Å². The quantitative estimate of drug-likeness (QED) is 0.891. The van der Waals surface area contributed by atoms with Gasteiger partial charge in [0.15, 0.2) is 9.84 Å². The SMILES string of the molecule is COc1ccc(Cl)cc1NC(=O)CN1CCS(=O)(=O)CC1. The van der Waals surface area contributed by atoms with Gasteiger partial charge in [-0.2, -0.15) is 0 Å². The Hall–Kier alpha value is -1.31. The summed E-state index contributed by atoms with van der Waals surface area (Å²) in [5.74, 6) is 0.491. The Labute approximate surface area is 128 Å². The maximum absolute atomic E-state index is 12.0. The van der Waals surface area contributed by atoms with Crippen LogP contribution in [0.3, 0.4) is 0 Å². The highest BCUT2D eigenvalue weighted by molar-refractivity contribution is 7.91. The van der Waals surface area contributed by atoms with Gasteiger partial charge >= 0.3 is 0 Å². The van der Waals surface area contributed by atoms with Gasteiger partial charge in [-0.25, -0.2) is 8.42 Å². The molecule has 1 aromatic rings. The van der Waals surface area contributed by atoms with Crippen LogP contribution in [0.25, 0.3) is 0 Å². The highest BCUT2D eigenvalue weighted by Gasteiger charge is 2.23. The number of halogens is 1. The number of methoxy groups -OCH3 is 1. The molecule has 0 saturated carbocycles. The van der Waals surface area contributed by atoms with Gasteiger partial charge in [0.05, 0.1) is 30.8 Å². The van der Waals surface area contributed by atoms with Crippen LogP contribution < -0.4 is 10.1 Å². The number of sulfone groups is 1. The molecule has 0 bridgehead atoms. The fourth-order valence-electron chi connectivity index (χ4n) is 2.08. The molecule has 0 unspecified atom stereocenters. The Balaban J connectivity index is 1.95. The second-order valence-corrected chi connectivity index (χ2v) is 7.56. The van der Waals surface area contributed by atoms with Crippen molar-refractivity contribution in [3.63, 3.8) is 0 Å².